The highest BCUT2D eigenvalue weighted by molar-refractivity contribution is 4.68. The Labute approximate surface area is 64.3 Å². The number of rotatable bonds is 5. The van der Waals surface area contributed by atoms with E-state index < -0.39 is 0 Å². The summed E-state index contributed by atoms with van der Waals surface area (Å²) >= 11 is 0. The standard InChI is InChI=1S/C9H17N/c1-4-6-7-9(5-2)8-10-3/h9H,4-8H2,1-2H3/t9-/m0/s1. The fraction of sp³-hybridized carbons (Fsp3) is 0.889. The van der Waals surface area contributed by atoms with E-state index in [-0.39, 0.29) is 0 Å². The van der Waals surface area contributed by atoms with Crippen molar-refractivity contribution in [2.45, 2.75) is 39.5 Å². The summed E-state index contributed by atoms with van der Waals surface area (Å²) in [5.41, 5.74) is 0. The van der Waals surface area contributed by atoms with Crippen LogP contribution in [0.4, 0.5) is 0 Å². The molecule has 0 saturated carbocycles. The van der Waals surface area contributed by atoms with Gasteiger partial charge < -0.3 is 4.85 Å². The maximum absolute atomic E-state index is 6.70. The quantitative estimate of drug-likeness (QED) is 0.515. The number of nitrogens with zero attached hydrogens (tertiary/aromatic N) is 1. The molecular weight excluding hydrogens is 122 g/mol. The normalized spacial score (nSPS) is 12.5. The van der Waals surface area contributed by atoms with E-state index in [1.165, 1.54) is 25.7 Å². The molecule has 58 valence electrons. The summed E-state index contributed by atoms with van der Waals surface area (Å²) in [6, 6.07) is 0. The van der Waals surface area contributed by atoms with Crippen LogP contribution in [0.3, 0.4) is 0 Å². The zero-order chi connectivity index (χ0) is 7.82. The highest BCUT2D eigenvalue weighted by atomic mass is 14.6. The van der Waals surface area contributed by atoms with Gasteiger partial charge in [0.25, 0.3) is 0 Å². The van der Waals surface area contributed by atoms with Gasteiger partial charge in [-0.15, -0.1) is 0 Å². The van der Waals surface area contributed by atoms with Crippen molar-refractivity contribution in [3.8, 4) is 0 Å². The predicted octanol–water partition coefficient (Wildman–Crippen LogP) is 3.12. The second kappa shape index (κ2) is 6.61. The number of hydrogen-bond donors (Lipinski definition) is 0. The Morgan fingerprint density at radius 3 is 2.50 bits per heavy atom. The average Bonchev–Trinajstić information content (AvgIpc) is 1.98. The lowest BCUT2D eigenvalue weighted by Gasteiger charge is -2.05. The van der Waals surface area contributed by atoms with Crippen molar-refractivity contribution >= 4 is 0 Å². The summed E-state index contributed by atoms with van der Waals surface area (Å²) < 4.78 is 0. The van der Waals surface area contributed by atoms with E-state index >= 15 is 0 Å². The van der Waals surface area contributed by atoms with Crippen molar-refractivity contribution in [1.29, 1.82) is 0 Å². The Morgan fingerprint density at radius 1 is 1.40 bits per heavy atom. The lowest BCUT2D eigenvalue weighted by Crippen LogP contribution is -2.01. The van der Waals surface area contributed by atoms with Crippen LogP contribution in [0.5, 0.6) is 0 Å². The van der Waals surface area contributed by atoms with E-state index in [0.29, 0.717) is 5.92 Å². The lowest BCUT2D eigenvalue weighted by molar-refractivity contribution is 0.482. The van der Waals surface area contributed by atoms with E-state index in [2.05, 4.69) is 18.7 Å². The monoisotopic (exact) mass is 139 g/mol. The molecule has 0 heterocycles. The van der Waals surface area contributed by atoms with E-state index in [9.17, 15) is 0 Å². The highest BCUT2D eigenvalue weighted by Crippen LogP contribution is 2.12. The van der Waals surface area contributed by atoms with Gasteiger partial charge in [-0.1, -0.05) is 26.7 Å². The average molecular weight is 139 g/mol. The zero-order valence-electron chi connectivity index (χ0n) is 7.06. The number of hydrogen-bond acceptors (Lipinski definition) is 0. The first-order valence-corrected chi connectivity index (χ1v) is 4.18. The van der Waals surface area contributed by atoms with Crippen LogP contribution in [0.2, 0.25) is 0 Å². The van der Waals surface area contributed by atoms with Crippen LogP contribution in [0.15, 0.2) is 0 Å². The molecular formula is C9H17N. The summed E-state index contributed by atoms with van der Waals surface area (Å²) in [5.74, 6) is 0.664. The molecule has 1 atom stereocenters. The van der Waals surface area contributed by atoms with Crippen LogP contribution >= 0.6 is 0 Å². The maximum atomic E-state index is 6.70. The molecule has 10 heavy (non-hydrogen) atoms. The minimum absolute atomic E-state index is 0.664. The van der Waals surface area contributed by atoms with E-state index in [0.717, 1.165) is 6.54 Å². The van der Waals surface area contributed by atoms with Crippen LogP contribution in [-0.4, -0.2) is 6.54 Å². The first-order chi connectivity index (χ1) is 4.85. The Morgan fingerprint density at radius 2 is 2.10 bits per heavy atom. The van der Waals surface area contributed by atoms with Gasteiger partial charge in [-0.3, -0.25) is 0 Å². The Balaban J connectivity index is 3.32. The molecule has 1 heteroatoms. The van der Waals surface area contributed by atoms with Gasteiger partial charge in [0, 0.05) is 5.92 Å². The SMILES string of the molecule is [C-]#[N+]C[C@@H](CC)CCCC. The summed E-state index contributed by atoms with van der Waals surface area (Å²) in [4.78, 5) is 3.41. The summed E-state index contributed by atoms with van der Waals surface area (Å²) in [7, 11) is 0. The maximum Gasteiger partial charge on any atom is 0.217 e. The molecule has 0 amide bonds. The molecule has 0 aromatic carbocycles. The van der Waals surface area contributed by atoms with Gasteiger partial charge in [0.05, 0.1) is 0 Å². The fourth-order valence-corrected chi connectivity index (χ4v) is 1.05. The summed E-state index contributed by atoms with van der Waals surface area (Å²) in [5, 5.41) is 0. The van der Waals surface area contributed by atoms with Crippen molar-refractivity contribution in [2.75, 3.05) is 6.54 Å². The molecule has 1 nitrogen and oxygen atoms in total. The van der Waals surface area contributed by atoms with E-state index in [4.69, 9.17) is 6.57 Å². The van der Waals surface area contributed by atoms with Crippen molar-refractivity contribution in [3.05, 3.63) is 11.4 Å². The molecule has 0 aliphatic heterocycles. The fourth-order valence-electron chi connectivity index (χ4n) is 1.05. The molecule has 0 unspecified atom stereocenters. The van der Waals surface area contributed by atoms with Crippen molar-refractivity contribution in [1.82, 2.24) is 0 Å². The molecule has 0 saturated heterocycles. The van der Waals surface area contributed by atoms with Crippen molar-refractivity contribution < 1.29 is 0 Å². The van der Waals surface area contributed by atoms with Crippen LogP contribution in [-0.2, 0) is 0 Å². The molecule has 0 radical (unpaired) electrons. The van der Waals surface area contributed by atoms with Gasteiger partial charge in [0.2, 0.25) is 6.54 Å². The van der Waals surface area contributed by atoms with Crippen LogP contribution < -0.4 is 0 Å². The molecule has 0 aromatic heterocycles. The van der Waals surface area contributed by atoms with Crippen LogP contribution in [0.1, 0.15) is 39.5 Å². The van der Waals surface area contributed by atoms with E-state index in [1.54, 1.807) is 0 Å². The van der Waals surface area contributed by atoms with Crippen molar-refractivity contribution in [3.63, 3.8) is 0 Å². The molecule has 0 N–H and O–H groups in total. The minimum Gasteiger partial charge on any atom is -0.317 e. The second-order valence-electron chi connectivity index (χ2n) is 2.76. The largest absolute Gasteiger partial charge is 0.317 e. The summed E-state index contributed by atoms with van der Waals surface area (Å²) in [6.45, 7) is 11.8. The molecule has 0 rings (SSSR count). The topological polar surface area (TPSA) is 4.36 Å². The number of unbranched alkanes of at least 4 members (excludes halogenated alkanes) is 1. The molecule has 0 fully saturated rings. The third kappa shape index (κ3) is 4.38. The minimum atomic E-state index is 0.664. The first kappa shape index (κ1) is 9.49. The van der Waals surface area contributed by atoms with Crippen LogP contribution in [0, 0.1) is 12.5 Å². The predicted molar refractivity (Wildman–Crippen MR) is 44.8 cm³/mol. The molecule has 0 aliphatic rings. The Bertz CT molecular complexity index is 102. The molecule has 0 aliphatic carbocycles. The van der Waals surface area contributed by atoms with Gasteiger partial charge in [0.1, 0.15) is 0 Å². The Kier molecular flexibility index (Phi) is 6.27. The van der Waals surface area contributed by atoms with Gasteiger partial charge in [-0.25, -0.2) is 6.57 Å². The highest BCUT2D eigenvalue weighted by Gasteiger charge is 2.06. The first-order valence-electron chi connectivity index (χ1n) is 4.18. The molecule has 0 aromatic rings. The van der Waals surface area contributed by atoms with Gasteiger partial charge in [-0.05, 0) is 12.8 Å². The zero-order valence-corrected chi connectivity index (χ0v) is 7.06. The second-order valence-corrected chi connectivity index (χ2v) is 2.76. The third-order valence-corrected chi connectivity index (χ3v) is 1.89. The van der Waals surface area contributed by atoms with Gasteiger partial charge >= 0.3 is 0 Å². The van der Waals surface area contributed by atoms with Gasteiger partial charge in [-0.2, -0.15) is 0 Å². The Hall–Kier alpha value is -0.510. The van der Waals surface area contributed by atoms with Gasteiger partial charge in [0.15, 0.2) is 0 Å². The van der Waals surface area contributed by atoms with E-state index in [1.807, 2.05) is 0 Å². The third-order valence-electron chi connectivity index (χ3n) is 1.89. The smallest absolute Gasteiger partial charge is 0.217 e. The van der Waals surface area contributed by atoms with Crippen LogP contribution in [0.25, 0.3) is 4.85 Å². The lowest BCUT2D eigenvalue weighted by atomic mass is 10.00. The van der Waals surface area contributed by atoms with Crippen molar-refractivity contribution in [2.24, 2.45) is 5.92 Å². The summed E-state index contributed by atoms with van der Waals surface area (Å²) in [6.07, 6.45) is 4.96. The molecule has 0 bridgehead atoms. The molecule has 0 spiro atoms.